The lowest BCUT2D eigenvalue weighted by atomic mass is 10.0. The van der Waals surface area contributed by atoms with Gasteiger partial charge in [-0.25, -0.2) is 4.31 Å². The molecule has 0 saturated heterocycles. The standard InChI is InChI=1S/C25H36N2O3S2/c1-4-5-16-27(32-22-13-11-21(30-2)12-14-22)19-24(28)23(26-25(29)15-17-31-3)18-20-9-7-6-8-10-20/h6-14,23-24,28H,4-5,15-19H2,1-3H3,(H,26,29). The molecule has 2 aromatic rings. The number of unbranched alkanes of at least 4 members (excludes halogenated alkanes) is 1. The van der Waals surface area contributed by atoms with Crippen LogP contribution in [0, 0.1) is 0 Å². The first kappa shape index (κ1) is 26.6. The van der Waals surface area contributed by atoms with Gasteiger partial charge in [0.15, 0.2) is 0 Å². The van der Waals surface area contributed by atoms with Gasteiger partial charge >= 0.3 is 0 Å². The number of benzene rings is 2. The van der Waals surface area contributed by atoms with Crippen LogP contribution in [-0.4, -0.2) is 59.7 Å². The monoisotopic (exact) mass is 476 g/mol. The Morgan fingerprint density at radius 1 is 1.16 bits per heavy atom. The van der Waals surface area contributed by atoms with E-state index in [2.05, 4.69) is 16.5 Å². The molecule has 2 aromatic carbocycles. The number of aliphatic hydroxyl groups is 1. The molecule has 176 valence electrons. The third kappa shape index (κ3) is 9.86. The fourth-order valence-corrected chi connectivity index (χ4v) is 4.65. The number of thioether (sulfide) groups is 1. The third-order valence-corrected chi connectivity index (χ3v) is 6.77. The lowest BCUT2D eigenvalue weighted by Crippen LogP contribution is -2.48. The summed E-state index contributed by atoms with van der Waals surface area (Å²) in [4.78, 5) is 13.5. The lowest BCUT2D eigenvalue weighted by molar-refractivity contribution is -0.122. The van der Waals surface area contributed by atoms with Gasteiger partial charge in [-0.05, 0) is 60.9 Å². The van der Waals surface area contributed by atoms with E-state index in [0.717, 1.165) is 41.3 Å². The molecule has 2 atom stereocenters. The summed E-state index contributed by atoms with van der Waals surface area (Å²) >= 11 is 3.28. The zero-order valence-corrected chi connectivity index (χ0v) is 21.0. The first-order valence-electron chi connectivity index (χ1n) is 11.1. The number of ether oxygens (including phenoxy) is 1. The Hall–Kier alpha value is -1.67. The smallest absolute Gasteiger partial charge is 0.221 e. The minimum atomic E-state index is -0.684. The van der Waals surface area contributed by atoms with Gasteiger partial charge in [0.05, 0.1) is 19.3 Å². The minimum absolute atomic E-state index is 0.0118. The Kier molecular flexibility index (Phi) is 12.6. The van der Waals surface area contributed by atoms with Crippen LogP contribution in [0.4, 0.5) is 0 Å². The molecule has 0 fully saturated rings. The first-order valence-corrected chi connectivity index (χ1v) is 13.3. The second-order valence-corrected chi connectivity index (χ2v) is 9.84. The summed E-state index contributed by atoms with van der Waals surface area (Å²) in [5.41, 5.74) is 1.10. The maximum absolute atomic E-state index is 12.5. The largest absolute Gasteiger partial charge is 0.497 e. The van der Waals surface area contributed by atoms with Gasteiger partial charge in [0.2, 0.25) is 5.91 Å². The highest BCUT2D eigenvalue weighted by molar-refractivity contribution is 7.98. The number of nitrogens with one attached hydrogen (secondary N) is 1. The Balaban J connectivity index is 2.09. The Bertz CT molecular complexity index is 775. The molecule has 32 heavy (non-hydrogen) atoms. The van der Waals surface area contributed by atoms with Crippen molar-refractivity contribution in [2.24, 2.45) is 0 Å². The SMILES string of the molecule is CCCCN(CC(O)C(Cc1ccccc1)NC(=O)CCSC)Sc1ccc(OC)cc1. The van der Waals surface area contributed by atoms with Crippen molar-refractivity contribution in [2.45, 2.75) is 49.6 Å². The molecular formula is C25H36N2O3S2. The Morgan fingerprint density at radius 2 is 1.88 bits per heavy atom. The molecule has 1 amide bonds. The quantitative estimate of drug-likeness (QED) is 0.365. The maximum Gasteiger partial charge on any atom is 0.221 e. The summed E-state index contributed by atoms with van der Waals surface area (Å²) in [5, 5.41) is 14.3. The number of hydrogen-bond acceptors (Lipinski definition) is 6. The average Bonchev–Trinajstić information content (AvgIpc) is 2.81. The van der Waals surface area contributed by atoms with E-state index < -0.39 is 6.10 Å². The van der Waals surface area contributed by atoms with E-state index in [1.54, 1.807) is 30.8 Å². The molecule has 0 aliphatic heterocycles. The van der Waals surface area contributed by atoms with E-state index >= 15 is 0 Å². The highest BCUT2D eigenvalue weighted by atomic mass is 32.2. The zero-order valence-electron chi connectivity index (χ0n) is 19.3. The van der Waals surface area contributed by atoms with Crippen molar-refractivity contribution < 1.29 is 14.6 Å². The second-order valence-electron chi connectivity index (χ2n) is 7.68. The van der Waals surface area contributed by atoms with Crippen LogP contribution in [0.15, 0.2) is 59.5 Å². The summed E-state index contributed by atoms with van der Waals surface area (Å²) in [5.74, 6) is 1.59. The number of methoxy groups -OCH3 is 1. The van der Waals surface area contributed by atoms with Crippen molar-refractivity contribution in [1.82, 2.24) is 9.62 Å². The average molecular weight is 477 g/mol. The van der Waals surface area contributed by atoms with Gasteiger partial charge in [0.25, 0.3) is 0 Å². The molecular weight excluding hydrogens is 440 g/mol. The molecule has 5 nitrogen and oxygen atoms in total. The van der Waals surface area contributed by atoms with Crippen molar-refractivity contribution in [2.75, 3.05) is 32.2 Å². The molecule has 0 aliphatic rings. The van der Waals surface area contributed by atoms with Gasteiger partial charge in [0, 0.05) is 30.2 Å². The van der Waals surface area contributed by atoms with Crippen molar-refractivity contribution in [3.05, 3.63) is 60.2 Å². The summed E-state index contributed by atoms with van der Waals surface area (Å²) in [6, 6.07) is 17.6. The van der Waals surface area contributed by atoms with E-state index in [4.69, 9.17) is 4.74 Å². The molecule has 7 heteroatoms. The van der Waals surface area contributed by atoms with Crippen LogP contribution in [-0.2, 0) is 11.2 Å². The Labute approximate surface area is 201 Å². The van der Waals surface area contributed by atoms with Crippen molar-refractivity contribution in [3.63, 3.8) is 0 Å². The van der Waals surface area contributed by atoms with Crippen molar-refractivity contribution in [1.29, 1.82) is 0 Å². The van der Waals surface area contributed by atoms with E-state index in [1.165, 1.54) is 0 Å². The number of aliphatic hydroxyl groups excluding tert-OH is 1. The second kappa shape index (κ2) is 15.2. The predicted molar refractivity (Wildman–Crippen MR) is 136 cm³/mol. The fourth-order valence-electron chi connectivity index (χ4n) is 3.26. The van der Waals surface area contributed by atoms with Crippen molar-refractivity contribution in [3.8, 4) is 5.75 Å². The van der Waals surface area contributed by atoms with E-state index in [-0.39, 0.29) is 11.9 Å². The van der Waals surface area contributed by atoms with Crippen LogP contribution in [0.2, 0.25) is 0 Å². The van der Waals surface area contributed by atoms with Gasteiger partial charge in [0.1, 0.15) is 5.75 Å². The lowest BCUT2D eigenvalue weighted by Gasteiger charge is -2.29. The fraction of sp³-hybridized carbons (Fsp3) is 0.480. The topological polar surface area (TPSA) is 61.8 Å². The highest BCUT2D eigenvalue weighted by Gasteiger charge is 2.24. The van der Waals surface area contributed by atoms with Crippen LogP contribution in [0.1, 0.15) is 31.7 Å². The molecule has 0 aliphatic carbocycles. The number of amides is 1. The van der Waals surface area contributed by atoms with Crippen LogP contribution in [0.5, 0.6) is 5.75 Å². The molecule has 2 N–H and O–H groups in total. The van der Waals surface area contributed by atoms with Gasteiger partial charge in [-0.1, -0.05) is 43.7 Å². The minimum Gasteiger partial charge on any atom is -0.497 e. The number of carbonyl (C=O) groups excluding carboxylic acids is 1. The third-order valence-electron chi connectivity index (χ3n) is 5.09. The molecule has 0 spiro atoms. The summed E-state index contributed by atoms with van der Waals surface area (Å²) in [6.07, 6.45) is 4.48. The molecule has 2 unspecified atom stereocenters. The number of nitrogens with zero attached hydrogens (tertiary/aromatic N) is 1. The van der Waals surface area contributed by atoms with Crippen LogP contribution < -0.4 is 10.1 Å². The summed E-state index contributed by atoms with van der Waals surface area (Å²) < 4.78 is 7.45. The normalized spacial score (nSPS) is 13.0. The number of rotatable bonds is 15. The van der Waals surface area contributed by atoms with Crippen molar-refractivity contribution >= 4 is 29.6 Å². The zero-order chi connectivity index (χ0) is 23.2. The molecule has 0 radical (unpaired) electrons. The molecule has 0 saturated carbocycles. The van der Waals surface area contributed by atoms with Gasteiger partial charge in [-0.2, -0.15) is 11.8 Å². The highest BCUT2D eigenvalue weighted by Crippen LogP contribution is 2.26. The van der Waals surface area contributed by atoms with Gasteiger partial charge < -0.3 is 15.2 Å². The number of carbonyl (C=O) groups is 1. The van der Waals surface area contributed by atoms with Gasteiger partial charge in [-0.3, -0.25) is 4.79 Å². The maximum atomic E-state index is 12.5. The first-order chi connectivity index (χ1) is 15.5. The molecule has 0 heterocycles. The van der Waals surface area contributed by atoms with E-state index in [0.29, 0.717) is 19.4 Å². The Morgan fingerprint density at radius 3 is 2.50 bits per heavy atom. The molecule has 2 rings (SSSR count). The predicted octanol–water partition coefficient (Wildman–Crippen LogP) is 4.65. The van der Waals surface area contributed by atoms with Crippen LogP contribution in [0.25, 0.3) is 0 Å². The summed E-state index contributed by atoms with van der Waals surface area (Å²) in [6.45, 7) is 3.50. The van der Waals surface area contributed by atoms with Crippen LogP contribution >= 0.6 is 23.7 Å². The molecule has 0 bridgehead atoms. The van der Waals surface area contributed by atoms with Gasteiger partial charge in [-0.15, -0.1) is 0 Å². The summed E-state index contributed by atoms with van der Waals surface area (Å²) in [7, 11) is 1.66. The van der Waals surface area contributed by atoms with E-state index in [9.17, 15) is 9.90 Å². The van der Waals surface area contributed by atoms with E-state index in [1.807, 2.05) is 60.9 Å². The number of hydrogen-bond donors (Lipinski definition) is 2. The molecule has 0 aromatic heterocycles. The van der Waals surface area contributed by atoms with Crippen LogP contribution in [0.3, 0.4) is 0 Å².